The van der Waals surface area contributed by atoms with Crippen LogP contribution < -0.4 is 20.9 Å². The Labute approximate surface area is 190 Å². The fourth-order valence-corrected chi connectivity index (χ4v) is 3.72. The number of aromatic nitrogens is 4. The molecule has 0 bridgehead atoms. The van der Waals surface area contributed by atoms with E-state index >= 15 is 0 Å². The lowest BCUT2D eigenvalue weighted by molar-refractivity contribution is -0.131. The van der Waals surface area contributed by atoms with Crippen LogP contribution in [0.2, 0.25) is 0 Å². The molecular weight excluding hydrogens is 424 g/mol. The minimum absolute atomic E-state index is 0.0234. The lowest BCUT2D eigenvalue weighted by Crippen LogP contribution is -2.49. The number of nitrogens with one attached hydrogen (secondary N) is 1. The number of ether oxygens (including phenoxy) is 1. The van der Waals surface area contributed by atoms with E-state index in [0.717, 1.165) is 22.8 Å². The van der Waals surface area contributed by atoms with Gasteiger partial charge < -0.3 is 19.1 Å². The molecule has 0 spiro atoms. The molecule has 1 aliphatic heterocycles. The van der Waals surface area contributed by atoms with E-state index in [2.05, 4.69) is 20.1 Å². The number of anilines is 1. The Bertz CT molecular complexity index is 1200. The highest BCUT2D eigenvalue weighted by Gasteiger charge is 2.22. The average Bonchev–Trinajstić information content (AvgIpc) is 2.84. The predicted molar refractivity (Wildman–Crippen MR) is 123 cm³/mol. The van der Waals surface area contributed by atoms with Gasteiger partial charge in [-0.25, -0.2) is 4.79 Å². The zero-order valence-electron chi connectivity index (χ0n) is 18.4. The van der Waals surface area contributed by atoms with Crippen LogP contribution in [0.3, 0.4) is 0 Å². The molecule has 172 valence electrons. The number of rotatable bonds is 7. The Morgan fingerprint density at radius 3 is 2.39 bits per heavy atom. The van der Waals surface area contributed by atoms with Crippen LogP contribution in [0.5, 0.6) is 5.75 Å². The Morgan fingerprint density at radius 1 is 1.00 bits per heavy atom. The summed E-state index contributed by atoms with van der Waals surface area (Å²) in [6.45, 7) is 5.26. The number of amides is 1. The fraction of sp³-hybridized carbons (Fsp3) is 0.348. The van der Waals surface area contributed by atoms with Gasteiger partial charge in [0.05, 0.1) is 12.3 Å². The maximum atomic E-state index is 12.5. The third kappa shape index (κ3) is 5.46. The van der Waals surface area contributed by atoms with Crippen molar-refractivity contribution in [3.63, 3.8) is 0 Å². The van der Waals surface area contributed by atoms with Crippen LogP contribution >= 0.6 is 0 Å². The largest absolute Gasteiger partial charge is 0.494 e. The molecule has 1 fully saturated rings. The molecular formula is C23H26N6O4. The molecule has 0 radical (unpaired) electrons. The maximum absolute atomic E-state index is 12.5. The number of carbonyl (C=O) groups is 1. The minimum Gasteiger partial charge on any atom is -0.494 e. The first-order valence-corrected chi connectivity index (χ1v) is 10.9. The minimum atomic E-state index is -0.507. The quantitative estimate of drug-likeness (QED) is 0.574. The summed E-state index contributed by atoms with van der Waals surface area (Å²) in [7, 11) is 0. The lowest BCUT2D eigenvalue weighted by Gasteiger charge is -2.35. The van der Waals surface area contributed by atoms with E-state index in [4.69, 9.17) is 4.74 Å². The summed E-state index contributed by atoms with van der Waals surface area (Å²) in [4.78, 5) is 41.5. The Morgan fingerprint density at radius 2 is 1.76 bits per heavy atom. The monoisotopic (exact) mass is 450 g/mol. The van der Waals surface area contributed by atoms with Crippen LogP contribution in [-0.2, 0) is 11.3 Å². The van der Waals surface area contributed by atoms with E-state index in [0.29, 0.717) is 32.8 Å². The van der Waals surface area contributed by atoms with Crippen molar-refractivity contribution < 1.29 is 9.53 Å². The van der Waals surface area contributed by atoms with Gasteiger partial charge in [-0.2, -0.15) is 0 Å². The fourth-order valence-electron chi connectivity index (χ4n) is 3.72. The third-order valence-electron chi connectivity index (χ3n) is 5.53. The Kier molecular flexibility index (Phi) is 6.82. The van der Waals surface area contributed by atoms with Gasteiger partial charge in [0.15, 0.2) is 5.82 Å². The van der Waals surface area contributed by atoms with Crippen molar-refractivity contribution >= 4 is 11.7 Å². The van der Waals surface area contributed by atoms with Gasteiger partial charge in [-0.1, -0.05) is 0 Å². The van der Waals surface area contributed by atoms with Crippen molar-refractivity contribution in [2.75, 3.05) is 37.7 Å². The molecule has 0 atom stereocenters. The molecule has 1 N–H and O–H groups in total. The topological polar surface area (TPSA) is 113 Å². The Balaban J connectivity index is 1.29. The van der Waals surface area contributed by atoms with Crippen molar-refractivity contribution in [3.8, 4) is 17.0 Å². The molecule has 10 heteroatoms. The standard InChI is InChI=1S/C23H26N6O4/c1-2-33-18-5-3-17(4-6-18)19-7-8-20(26-25-19)27-13-15-28(16-14-27)22(31)10-12-29-11-9-21(30)24-23(29)32/h3-9,11H,2,10,12-16H2,1H3,(H,24,30,32). The summed E-state index contributed by atoms with van der Waals surface area (Å²) in [5, 5.41) is 8.74. The number of piperazine rings is 1. The van der Waals surface area contributed by atoms with Gasteiger partial charge in [-0.15, -0.1) is 10.2 Å². The number of hydrogen-bond donors (Lipinski definition) is 1. The number of benzene rings is 1. The molecule has 10 nitrogen and oxygen atoms in total. The summed E-state index contributed by atoms with van der Waals surface area (Å²) in [6, 6.07) is 12.9. The molecule has 3 aromatic rings. The van der Waals surface area contributed by atoms with Gasteiger partial charge in [0.2, 0.25) is 5.91 Å². The second-order valence-corrected chi connectivity index (χ2v) is 7.66. The highest BCUT2D eigenvalue weighted by Crippen LogP contribution is 2.22. The highest BCUT2D eigenvalue weighted by molar-refractivity contribution is 5.76. The van der Waals surface area contributed by atoms with Gasteiger partial charge >= 0.3 is 5.69 Å². The van der Waals surface area contributed by atoms with E-state index in [1.807, 2.05) is 43.3 Å². The lowest BCUT2D eigenvalue weighted by atomic mass is 10.1. The van der Waals surface area contributed by atoms with Gasteiger partial charge in [0.25, 0.3) is 5.56 Å². The van der Waals surface area contributed by atoms with Crippen molar-refractivity contribution in [1.82, 2.24) is 24.6 Å². The van der Waals surface area contributed by atoms with Gasteiger partial charge in [0, 0.05) is 57.0 Å². The second kappa shape index (κ2) is 10.1. The third-order valence-corrected chi connectivity index (χ3v) is 5.53. The summed E-state index contributed by atoms with van der Waals surface area (Å²) in [6.07, 6.45) is 1.60. The maximum Gasteiger partial charge on any atom is 0.328 e. The molecule has 1 saturated heterocycles. The smallest absolute Gasteiger partial charge is 0.328 e. The number of aromatic amines is 1. The average molecular weight is 450 g/mol. The zero-order valence-corrected chi connectivity index (χ0v) is 18.4. The van der Waals surface area contributed by atoms with Crippen LogP contribution in [0.15, 0.2) is 58.3 Å². The van der Waals surface area contributed by atoms with Crippen molar-refractivity contribution in [3.05, 3.63) is 69.5 Å². The van der Waals surface area contributed by atoms with Crippen LogP contribution in [0.4, 0.5) is 5.82 Å². The van der Waals surface area contributed by atoms with E-state index in [-0.39, 0.29) is 18.9 Å². The molecule has 0 unspecified atom stereocenters. The molecule has 1 amide bonds. The molecule has 2 aromatic heterocycles. The molecule has 1 aliphatic rings. The highest BCUT2D eigenvalue weighted by atomic mass is 16.5. The summed E-state index contributed by atoms with van der Waals surface area (Å²) in [5.74, 6) is 1.57. The van der Waals surface area contributed by atoms with Crippen LogP contribution in [0, 0.1) is 0 Å². The van der Waals surface area contributed by atoms with Gasteiger partial charge in [0.1, 0.15) is 5.75 Å². The summed E-state index contributed by atoms with van der Waals surface area (Å²) in [5.41, 5.74) is 0.796. The van der Waals surface area contributed by atoms with Crippen molar-refractivity contribution in [2.45, 2.75) is 19.9 Å². The molecule has 33 heavy (non-hydrogen) atoms. The molecule has 3 heterocycles. The normalized spacial score (nSPS) is 13.7. The van der Waals surface area contributed by atoms with Crippen molar-refractivity contribution in [1.29, 1.82) is 0 Å². The van der Waals surface area contributed by atoms with E-state index < -0.39 is 11.2 Å². The SMILES string of the molecule is CCOc1ccc(-c2ccc(N3CCN(C(=O)CCn4ccc(=O)[nH]c4=O)CC3)nn2)cc1. The number of nitrogens with zero attached hydrogens (tertiary/aromatic N) is 5. The van der Waals surface area contributed by atoms with Gasteiger partial charge in [-0.05, 0) is 43.3 Å². The molecule has 1 aromatic carbocycles. The molecule has 0 aliphatic carbocycles. The summed E-state index contributed by atoms with van der Waals surface area (Å²) < 4.78 is 6.80. The van der Waals surface area contributed by atoms with E-state index in [1.54, 1.807) is 4.90 Å². The first kappa shape index (κ1) is 22.3. The predicted octanol–water partition coefficient (Wildman–Crippen LogP) is 1.13. The molecule has 4 rings (SSSR count). The zero-order chi connectivity index (χ0) is 23.2. The van der Waals surface area contributed by atoms with Crippen LogP contribution in [0.25, 0.3) is 11.3 Å². The number of carbonyl (C=O) groups excluding carboxylic acids is 1. The van der Waals surface area contributed by atoms with Crippen LogP contribution in [-0.4, -0.2) is 63.3 Å². The summed E-state index contributed by atoms with van der Waals surface area (Å²) >= 11 is 0. The Hall–Kier alpha value is -3.95. The number of aryl methyl sites for hydroxylation is 1. The first-order valence-electron chi connectivity index (χ1n) is 10.9. The van der Waals surface area contributed by atoms with E-state index in [9.17, 15) is 14.4 Å². The van der Waals surface area contributed by atoms with Crippen LogP contribution in [0.1, 0.15) is 13.3 Å². The number of H-pyrrole nitrogens is 1. The van der Waals surface area contributed by atoms with E-state index in [1.165, 1.54) is 16.8 Å². The second-order valence-electron chi connectivity index (χ2n) is 7.66. The van der Waals surface area contributed by atoms with Crippen molar-refractivity contribution in [2.24, 2.45) is 0 Å². The van der Waals surface area contributed by atoms with Gasteiger partial charge in [-0.3, -0.25) is 14.6 Å². The molecule has 0 saturated carbocycles. The number of hydrogen-bond acceptors (Lipinski definition) is 7. The first-order chi connectivity index (χ1) is 16.0.